The Labute approximate surface area is 149 Å². The van der Waals surface area contributed by atoms with Crippen LogP contribution in [0.5, 0.6) is 5.75 Å². The highest BCUT2D eigenvalue weighted by Gasteiger charge is 2.41. The lowest BCUT2D eigenvalue weighted by Crippen LogP contribution is -2.31. The second-order valence-corrected chi connectivity index (χ2v) is 6.78. The predicted molar refractivity (Wildman–Crippen MR) is 91.9 cm³/mol. The summed E-state index contributed by atoms with van der Waals surface area (Å²) in [4.78, 5) is 10.1. The molecule has 7 heteroatoms. The van der Waals surface area contributed by atoms with Gasteiger partial charge in [-0.1, -0.05) is 24.3 Å². The topological polar surface area (TPSA) is 52.4 Å². The van der Waals surface area contributed by atoms with E-state index in [1.54, 1.807) is 6.07 Å². The molecule has 2 aromatic carbocycles. The number of halogens is 3. The highest BCUT2D eigenvalue weighted by molar-refractivity contribution is 5.84. The lowest BCUT2D eigenvalue weighted by molar-refractivity contribution is -0.479. The van der Waals surface area contributed by atoms with Crippen LogP contribution in [0.3, 0.4) is 0 Å². The monoisotopic (exact) mass is 367 g/mol. The molecule has 0 radical (unpaired) electrons. The van der Waals surface area contributed by atoms with Crippen molar-refractivity contribution in [2.24, 2.45) is 5.92 Å². The van der Waals surface area contributed by atoms with E-state index in [1.165, 1.54) is 0 Å². The van der Waals surface area contributed by atoms with Gasteiger partial charge in [-0.25, -0.2) is 0 Å². The number of nitrogens with zero attached hydrogens (tertiary/aromatic N) is 1. The van der Waals surface area contributed by atoms with Gasteiger partial charge < -0.3 is 4.74 Å². The molecule has 4 nitrogen and oxygen atoms in total. The van der Waals surface area contributed by atoms with Gasteiger partial charge in [0.05, 0.1) is 12.0 Å². The SMILES string of the molecule is O=[N+]([O-])CCc1ccc2cc(O[C@H]3CC[C@H](C(F)(F)F)CC3)ccc2c1. The van der Waals surface area contributed by atoms with E-state index in [0.29, 0.717) is 25.0 Å². The van der Waals surface area contributed by atoms with Gasteiger partial charge >= 0.3 is 6.18 Å². The van der Waals surface area contributed by atoms with Gasteiger partial charge in [0, 0.05) is 11.3 Å². The van der Waals surface area contributed by atoms with E-state index in [-0.39, 0.29) is 30.4 Å². The largest absolute Gasteiger partial charge is 0.490 e. The molecule has 140 valence electrons. The first kappa shape index (κ1) is 18.5. The molecule has 0 spiro atoms. The van der Waals surface area contributed by atoms with Crippen LogP contribution in [0.4, 0.5) is 13.2 Å². The third kappa shape index (κ3) is 4.65. The molecule has 0 unspecified atom stereocenters. The summed E-state index contributed by atoms with van der Waals surface area (Å²) in [5, 5.41) is 12.4. The van der Waals surface area contributed by atoms with Crippen LogP contribution in [-0.4, -0.2) is 23.7 Å². The summed E-state index contributed by atoms with van der Waals surface area (Å²) in [6.07, 6.45) is -2.89. The molecule has 0 N–H and O–H groups in total. The highest BCUT2D eigenvalue weighted by atomic mass is 19.4. The molecule has 0 bridgehead atoms. The lowest BCUT2D eigenvalue weighted by Gasteiger charge is -2.30. The third-order valence-electron chi connectivity index (χ3n) is 4.90. The van der Waals surface area contributed by atoms with Crippen molar-refractivity contribution in [1.29, 1.82) is 0 Å². The Morgan fingerprint density at radius 2 is 1.69 bits per heavy atom. The number of alkyl halides is 3. The van der Waals surface area contributed by atoms with E-state index in [2.05, 4.69) is 0 Å². The van der Waals surface area contributed by atoms with Crippen LogP contribution < -0.4 is 4.74 Å². The van der Waals surface area contributed by atoms with Crippen LogP contribution in [0.1, 0.15) is 31.2 Å². The van der Waals surface area contributed by atoms with Crippen LogP contribution in [0, 0.1) is 16.0 Å². The van der Waals surface area contributed by atoms with Crippen LogP contribution in [0.15, 0.2) is 36.4 Å². The smallest absolute Gasteiger partial charge is 0.391 e. The molecule has 1 fully saturated rings. The normalized spacial score (nSPS) is 20.9. The van der Waals surface area contributed by atoms with Crippen molar-refractivity contribution in [2.75, 3.05) is 6.54 Å². The maximum Gasteiger partial charge on any atom is 0.391 e. The second-order valence-electron chi connectivity index (χ2n) is 6.78. The zero-order chi connectivity index (χ0) is 18.7. The Hall–Kier alpha value is -2.31. The minimum Gasteiger partial charge on any atom is -0.490 e. The average molecular weight is 367 g/mol. The zero-order valence-corrected chi connectivity index (χ0v) is 14.2. The van der Waals surface area contributed by atoms with Gasteiger partial charge in [0.25, 0.3) is 0 Å². The fourth-order valence-corrected chi connectivity index (χ4v) is 3.42. The van der Waals surface area contributed by atoms with Crippen molar-refractivity contribution in [3.05, 3.63) is 52.1 Å². The Bertz CT molecular complexity index is 783. The van der Waals surface area contributed by atoms with E-state index in [4.69, 9.17) is 4.74 Å². The Morgan fingerprint density at radius 3 is 2.35 bits per heavy atom. The Morgan fingerprint density at radius 1 is 1.04 bits per heavy atom. The number of hydrogen-bond donors (Lipinski definition) is 0. The van der Waals surface area contributed by atoms with Gasteiger partial charge in [-0.2, -0.15) is 13.2 Å². The van der Waals surface area contributed by atoms with Crippen molar-refractivity contribution < 1.29 is 22.8 Å². The molecule has 0 amide bonds. The van der Waals surface area contributed by atoms with Crippen LogP contribution >= 0.6 is 0 Å². The summed E-state index contributed by atoms with van der Waals surface area (Å²) in [5.41, 5.74) is 0.897. The molecular formula is C19H20F3NO3. The summed E-state index contributed by atoms with van der Waals surface area (Å²) < 4.78 is 44.0. The van der Waals surface area contributed by atoms with Gasteiger partial charge in [-0.05, 0) is 54.2 Å². The summed E-state index contributed by atoms with van der Waals surface area (Å²) in [5.74, 6) is -0.567. The first-order valence-corrected chi connectivity index (χ1v) is 8.69. The molecule has 0 saturated heterocycles. The number of hydrogen-bond acceptors (Lipinski definition) is 3. The zero-order valence-electron chi connectivity index (χ0n) is 14.2. The van der Waals surface area contributed by atoms with Crippen LogP contribution in [0.2, 0.25) is 0 Å². The highest BCUT2D eigenvalue weighted by Crippen LogP contribution is 2.38. The van der Waals surface area contributed by atoms with Crippen molar-refractivity contribution in [2.45, 2.75) is 44.4 Å². The first-order chi connectivity index (χ1) is 12.3. The molecule has 1 saturated carbocycles. The van der Waals surface area contributed by atoms with Gasteiger partial charge in [0.1, 0.15) is 5.75 Å². The van der Waals surface area contributed by atoms with E-state index < -0.39 is 12.1 Å². The van der Waals surface area contributed by atoms with E-state index in [9.17, 15) is 23.3 Å². The van der Waals surface area contributed by atoms with E-state index >= 15 is 0 Å². The molecule has 0 aliphatic heterocycles. The van der Waals surface area contributed by atoms with E-state index in [0.717, 1.165) is 16.3 Å². The summed E-state index contributed by atoms with van der Waals surface area (Å²) in [7, 11) is 0. The second kappa shape index (κ2) is 7.51. The minimum absolute atomic E-state index is 0.104. The third-order valence-corrected chi connectivity index (χ3v) is 4.90. The quantitative estimate of drug-likeness (QED) is 0.542. The fraction of sp³-hybridized carbons (Fsp3) is 0.474. The first-order valence-electron chi connectivity index (χ1n) is 8.69. The Kier molecular flexibility index (Phi) is 5.34. The number of rotatable bonds is 5. The Balaban J connectivity index is 1.63. The van der Waals surface area contributed by atoms with Crippen LogP contribution in [0.25, 0.3) is 10.8 Å². The number of fused-ring (bicyclic) bond motifs is 1. The number of benzene rings is 2. The van der Waals surface area contributed by atoms with E-state index in [1.807, 2.05) is 30.3 Å². The standard InChI is InChI=1S/C19H20F3NO3/c20-19(21,22)16-4-7-17(8-5-16)26-18-6-3-14-11-13(9-10-23(24)25)1-2-15(14)12-18/h1-3,6,11-12,16-17H,4-5,7-10H2/t16-,17-. The van der Waals surface area contributed by atoms with Crippen molar-refractivity contribution in [1.82, 2.24) is 0 Å². The van der Waals surface area contributed by atoms with Crippen molar-refractivity contribution >= 4 is 10.8 Å². The molecule has 1 aliphatic rings. The van der Waals surface area contributed by atoms with Gasteiger partial charge in [-0.15, -0.1) is 0 Å². The van der Waals surface area contributed by atoms with Gasteiger partial charge in [0.15, 0.2) is 0 Å². The molecule has 0 aromatic heterocycles. The maximum atomic E-state index is 12.7. The predicted octanol–water partition coefficient (Wildman–Crippen LogP) is 5.16. The fourth-order valence-electron chi connectivity index (χ4n) is 3.42. The molecular weight excluding hydrogens is 347 g/mol. The van der Waals surface area contributed by atoms with Crippen LogP contribution in [-0.2, 0) is 6.42 Å². The van der Waals surface area contributed by atoms with Crippen molar-refractivity contribution in [3.8, 4) is 5.75 Å². The molecule has 0 heterocycles. The molecule has 2 aromatic rings. The molecule has 1 aliphatic carbocycles. The van der Waals surface area contributed by atoms with Gasteiger partial charge in [-0.3, -0.25) is 10.1 Å². The molecule has 0 atom stereocenters. The summed E-state index contributed by atoms with van der Waals surface area (Å²) >= 11 is 0. The molecule has 26 heavy (non-hydrogen) atoms. The maximum absolute atomic E-state index is 12.7. The molecule has 3 rings (SSSR count). The average Bonchev–Trinajstić information content (AvgIpc) is 2.59. The van der Waals surface area contributed by atoms with Crippen molar-refractivity contribution in [3.63, 3.8) is 0 Å². The number of nitro groups is 1. The van der Waals surface area contributed by atoms with Gasteiger partial charge in [0.2, 0.25) is 6.54 Å². The minimum atomic E-state index is -4.11. The lowest BCUT2D eigenvalue weighted by atomic mass is 9.87. The number of ether oxygens (including phenoxy) is 1. The summed E-state index contributed by atoms with van der Waals surface area (Å²) in [6, 6.07) is 11.2. The summed E-state index contributed by atoms with van der Waals surface area (Å²) in [6.45, 7) is -0.104.